The first-order valence-corrected chi connectivity index (χ1v) is 7.72. The van der Waals surface area contributed by atoms with Crippen LogP contribution >= 0.6 is 0 Å². The highest BCUT2D eigenvalue weighted by Crippen LogP contribution is 2.01. The van der Waals surface area contributed by atoms with Crippen molar-refractivity contribution in [3.05, 3.63) is 11.6 Å². The molecule has 0 aliphatic heterocycles. The van der Waals surface area contributed by atoms with Crippen molar-refractivity contribution in [3.63, 3.8) is 0 Å². The van der Waals surface area contributed by atoms with Gasteiger partial charge in [0, 0.05) is 18.7 Å². The standard InChI is InChI=1S/C11H22N2O4S/c1-4-10(11(14)17-2)6-9-12-7-5-8-13-18(3,15)16/h6,12-13H,4-5,7-9H2,1-3H3. The van der Waals surface area contributed by atoms with Crippen molar-refractivity contribution in [1.82, 2.24) is 10.0 Å². The average molecular weight is 278 g/mol. The van der Waals surface area contributed by atoms with E-state index in [0.717, 1.165) is 6.26 Å². The molecule has 0 aromatic heterocycles. The molecule has 0 amide bonds. The van der Waals surface area contributed by atoms with Crippen LogP contribution in [0.1, 0.15) is 19.8 Å². The highest BCUT2D eigenvalue weighted by molar-refractivity contribution is 7.88. The van der Waals surface area contributed by atoms with Gasteiger partial charge in [-0.15, -0.1) is 0 Å². The molecule has 0 saturated heterocycles. The topological polar surface area (TPSA) is 84.5 Å². The first kappa shape index (κ1) is 17.1. The number of methoxy groups -OCH3 is 1. The van der Waals surface area contributed by atoms with Crippen molar-refractivity contribution in [3.8, 4) is 0 Å². The lowest BCUT2D eigenvalue weighted by Gasteiger charge is -2.05. The molecule has 0 aromatic carbocycles. The van der Waals surface area contributed by atoms with E-state index < -0.39 is 10.0 Å². The SMILES string of the molecule is CCC(=CCNCCCNS(C)(=O)=O)C(=O)OC. The largest absolute Gasteiger partial charge is 0.466 e. The maximum atomic E-state index is 11.2. The molecule has 0 atom stereocenters. The highest BCUT2D eigenvalue weighted by atomic mass is 32.2. The zero-order valence-electron chi connectivity index (χ0n) is 11.2. The Balaban J connectivity index is 3.72. The number of sulfonamides is 1. The molecule has 0 saturated carbocycles. The molecular formula is C11H22N2O4S. The zero-order valence-corrected chi connectivity index (χ0v) is 12.0. The predicted octanol–water partition coefficient (Wildman–Crippen LogP) is 0.0247. The highest BCUT2D eigenvalue weighted by Gasteiger charge is 2.05. The molecule has 0 rings (SSSR count). The molecule has 0 radical (unpaired) electrons. The Morgan fingerprint density at radius 3 is 2.50 bits per heavy atom. The fraction of sp³-hybridized carbons (Fsp3) is 0.727. The van der Waals surface area contributed by atoms with E-state index >= 15 is 0 Å². The molecule has 6 nitrogen and oxygen atoms in total. The average Bonchev–Trinajstić information content (AvgIpc) is 2.30. The van der Waals surface area contributed by atoms with E-state index in [9.17, 15) is 13.2 Å². The van der Waals surface area contributed by atoms with Gasteiger partial charge in [-0.05, 0) is 19.4 Å². The third-order valence-electron chi connectivity index (χ3n) is 2.22. The molecule has 0 unspecified atom stereocenters. The van der Waals surface area contributed by atoms with Crippen LogP contribution in [0.3, 0.4) is 0 Å². The van der Waals surface area contributed by atoms with Gasteiger partial charge >= 0.3 is 5.97 Å². The number of hydrogen-bond acceptors (Lipinski definition) is 5. The summed E-state index contributed by atoms with van der Waals surface area (Å²) in [4.78, 5) is 11.2. The van der Waals surface area contributed by atoms with E-state index in [1.165, 1.54) is 7.11 Å². The lowest BCUT2D eigenvalue weighted by molar-refractivity contribution is -0.136. The van der Waals surface area contributed by atoms with E-state index in [1.54, 1.807) is 6.08 Å². The Morgan fingerprint density at radius 1 is 1.33 bits per heavy atom. The Kier molecular flexibility index (Phi) is 8.61. The third kappa shape index (κ3) is 9.15. The molecule has 0 heterocycles. The summed E-state index contributed by atoms with van der Waals surface area (Å²) >= 11 is 0. The lowest BCUT2D eigenvalue weighted by atomic mass is 10.2. The van der Waals surface area contributed by atoms with Gasteiger partial charge in [0.15, 0.2) is 0 Å². The van der Waals surface area contributed by atoms with Crippen molar-refractivity contribution in [2.75, 3.05) is 33.0 Å². The molecule has 0 bridgehead atoms. The summed E-state index contributed by atoms with van der Waals surface area (Å²) in [6.45, 7) is 3.54. The van der Waals surface area contributed by atoms with Crippen LogP contribution in [0.2, 0.25) is 0 Å². The molecular weight excluding hydrogens is 256 g/mol. The van der Waals surface area contributed by atoms with Crippen LogP contribution in [0.25, 0.3) is 0 Å². The van der Waals surface area contributed by atoms with Gasteiger partial charge in [0.25, 0.3) is 0 Å². The normalized spacial score (nSPS) is 12.5. The second kappa shape index (κ2) is 9.07. The summed E-state index contributed by atoms with van der Waals surface area (Å²) in [5.41, 5.74) is 0.638. The molecule has 0 spiro atoms. The monoisotopic (exact) mass is 278 g/mol. The van der Waals surface area contributed by atoms with Crippen LogP contribution in [-0.2, 0) is 19.6 Å². The van der Waals surface area contributed by atoms with E-state index in [2.05, 4.69) is 14.8 Å². The second-order valence-electron chi connectivity index (χ2n) is 3.80. The van der Waals surface area contributed by atoms with Crippen LogP contribution in [-0.4, -0.2) is 47.4 Å². The smallest absolute Gasteiger partial charge is 0.333 e. The van der Waals surface area contributed by atoms with Crippen molar-refractivity contribution in [2.45, 2.75) is 19.8 Å². The quantitative estimate of drug-likeness (QED) is 0.353. The van der Waals surface area contributed by atoms with Gasteiger partial charge in [0.05, 0.1) is 13.4 Å². The fourth-order valence-electron chi connectivity index (χ4n) is 1.27. The molecule has 7 heteroatoms. The van der Waals surface area contributed by atoms with Crippen LogP contribution in [0.5, 0.6) is 0 Å². The van der Waals surface area contributed by atoms with Gasteiger partial charge in [0.2, 0.25) is 10.0 Å². The van der Waals surface area contributed by atoms with E-state index in [1.807, 2.05) is 6.92 Å². The van der Waals surface area contributed by atoms with Gasteiger partial charge in [-0.25, -0.2) is 17.9 Å². The lowest BCUT2D eigenvalue weighted by Crippen LogP contribution is -2.26. The van der Waals surface area contributed by atoms with Crippen molar-refractivity contribution in [2.24, 2.45) is 0 Å². The van der Waals surface area contributed by atoms with Gasteiger partial charge < -0.3 is 10.1 Å². The first-order valence-electron chi connectivity index (χ1n) is 5.83. The van der Waals surface area contributed by atoms with Crippen LogP contribution in [0, 0.1) is 0 Å². The number of ether oxygens (including phenoxy) is 1. The molecule has 106 valence electrons. The minimum atomic E-state index is -3.10. The summed E-state index contributed by atoms with van der Waals surface area (Å²) in [5, 5.41) is 3.10. The van der Waals surface area contributed by atoms with Crippen molar-refractivity contribution >= 4 is 16.0 Å². The molecule has 18 heavy (non-hydrogen) atoms. The van der Waals surface area contributed by atoms with Gasteiger partial charge in [-0.1, -0.05) is 13.0 Å². The van der Waals surface area contributed by atoms with Crippen LogP contribution in [0.15, 0.2) is 11.6 Å². The first-order chi connectivity index (χ1) is 8.40. The minimum Gasteiger partial charge on any atom is -0.466 e. The van der Waals surface area contributed by atoms with E-state index in [-0.39, 0.29) is 5.97 Å². The number of hydrogen-bond donors (Lipinski definition) is 2. The molecule has 0 fully saturated rings. The number of esters is 1. The zero-order chi connectivity index (χ0) is 14.0. The Bertz CT molecular complexity index is 377. The van der Waals surface area contributed by atoms with E-state index in [4.69, 9.17) is 0 Å². The number of carbonyl (C=O) groups is 1. The fourth-order valence-corrected chi connectivity index (χ4v) is 1.79. The Hall–Kier alpha value is -0.920. The molecule has 2 N–H and O–H groups in total. The van der Waals surface area contributed by atoms with Gasteiger partial charge in [-0.2, -0.15) is 0 Å². The predicted molar refractivity (Wildman–Crippen MR) is 70.7 cm³/mol. The van der Waals surface area contributed by atoms with Crippen molar-refractivity contribution in [1.29, 1.82) is 0 Å². The minimum absolute atomic E-state index is 0.307. The Morgan fingerprint density at radius 2 is 2.00 bits per heavy atom. The summed E-state index contributed by atoms with van der Waals surface area (Å²) in [6.07, 6.45) is 4.24. The maximum Gasteiger partial charge on any atom is 0.333 e. The number of nitrogens with one attached hydrogen (secondary N) is 2. The summed E-state index contributed by atoms with van der Waals surface area (Å²) in [6, 6.07) is 0. The number of rotatable bonds is 9. The number of carbonyl (C=O) groups excluding carboxylic acids is 1. The summed E-state index contributed by atoms with van der Waals surface area (Å²) < 4.78 is 28.6. The van der Waals surface area contributed by atoms with Crippen LogP contribution in [0.4, 0.5) is 0 Å². The molecule has 0 aromatic rings. The van der Waals surface area contributed by atoms with Crippen LogP contribution < -0.4 is 10.0 Å². The van der Waals surface area contributed by atoms with E-state index in [0.29, 0.717) is 38.0 Å². The maximum absolute atomic E-state index is 11.2. The van der Waals surface area contributed by atoms with Crippen molar-refractivity contribution < 1.29 is 17.9 Å². The Labute approximate surface area is 109 Å². The summed E-state index contributed by atoms with van der Waals surface area (Å²) in [7, 11) is -1.74. The summed E-state index contributed by atoms with van der Waals surface area (Å²) in [5.74, 6) is -0.307. The van der Waals surface area contributed by atoms with Gasteiger partial charge in [0.1, 0.15) is 0 Å². The van der Waals surface area contributed by atoms with Gasteiger partial charge in [-0.3, -0.25) is 0 Å². The third-order valence-corrected chi connectivity index (χ3v) is 2.94. The molecule has 0 aliphatic rings. The molecule has 0 aliphatic carbocycles. The second-order valence-corrected chi connectivity index (χ2v) is 5.63.